The minimum atomic E-state index is -4.46. The van der Waals surface area contributed by atoms with E-state index in [1.165, 1.54) is 6.42 Å². The quantitative estimate of drug-likeness (QED) is 0.921. The Morgan fingerprint density at radius 3 is 2.48 bits per heavy atom. The largest absolute Gasteiger partial charge is 0.433 e. The van der Waals surface area contributed by atoms with Crippen LogP contribution in [0.25, 0.3) is 0 Å². The van der Waals surface area contributed by atoms with Gasteiger partial charge in [0.25, 0.3) is 0 Å². The van der Waals surface area contributed by atoms with Crippen LogP contribution in [0.4, 0.5) is 24.9 Å². The van der Waals surface area contributed by atoms with E-state index in [1.807, 2.05) is 11.9 Å². The summed E-state index contributed by atoms with van der Waals surface area (Å²) in [5.41, 5.74) is -0.897. The Morgan fingerprint density at radius 1 is 1.24 bits per heavy atom. The number of nitrogens with zero attached hydrogens (tertiary/aromatic N) is 3. The second kappa shape index (κ2) is 6.49. The first-order valence-corrected chi connectivity index (χ1v) is 7.34. The number of alkyl halides is 3. The molecule has 0 unspecified atom stereocenters. The molecular formula is C14H21F3N4. The molecule has 1 heterocycles. The average Bonchev–Trinajstić information content (AvgIpc) is 2.46. The molecule has 0 amide bonds. The maximum Gasteiger partial charge on any atom is 0.433 e. The number of rotatable bonds is 4. The molecule has 1 aliphatic carbocycles. The van der Waals surface area contributed by atoms with Gasteiger partial charge in [0, 0.05) is 25.7 Å². The molecule has 4 nitrogen and oxygen atoms in total. The SMILES string of the molecule is CCNc1nc(N(C)C2CCCCC2)cc(C(F)(F)F)n1. The Labute approximate surface area is 122 Å². The lowest BCUT2D eigenvalue weighted by Gasteiger charge is -2.32. The Balaban J connectivity index is 2.30. The standard InChI is InChI=1S/C14H21F3N4/c1-3-18-13-19-11(14(15,16)17)9-12(20-13)21(2)10-7-5-4-6-8-10/h9-10H,3-8H2,1-2H3,(H,18,19,20). The van der Waals surface area contributed by atoms with Crippen molar-refractivity contribution in [2.45, 2.75) is 51.2 Å². The highest BCUT2D eigenvalue weighted by Gasteiger charge is 2.34. The Hall–Kier alpha value is -1.53. The molecule has 0 bridgehead atoms. The maximum absolute atomic E-state index is 13.0. The second-order valence-corrected chi connectivity index (χ2v) is 5.37. The zero-order chi connectivity index (χ0) is 15.5. The van der Waals surface area contributed by atoms with Gasteiger partial charge in [0.05, 0.1) is 0 Å². The lowest BCUT2D eigenvalue weighted by Crippen LogP contribution is -2.34. The van der Waals surface area contributed by atoms with E-state index in [0.29, 0.717) is 12.4 Å². The number of aromatic nitrogens is 2. The zero-order valence-electron chi connectivity index (χ0n) is 12.4. The summed E-state index contributed by atoms with van der Waals surface area (Å²) in [6, 6.07) is 1.29. The van der Waals surface area contributed by atoms with Crippen LogP contribution >= 0.6 is 0 Å². The summed E-state index contributed by atoms with van der Waals surface area (Å²) in [6.45, 7) is 2.28. The normalized spacial score (nSPS) is 16.8. The first kappa shape index (κ1) is 15.9. The van der Waals surface area contributed by atoms with Gasteiger partial charge < -0.3 is 10.2 Å². The molecule has 0 atom stereocenters. The topological polar surface area (TPSA) is 41.1 Å². The minimum absolute atomic E-state index is 0.0324. The number of hydrogen-bond acceptors (Lipinski definition) is 4. The summed E-state index contributed by atoms with van der Waals surface area (Å²) in [6.07, 6.45) is 0.967. The van der Waals surface area contributed by atoms with Crippen molar-refractivity contribution in [3.8, 4) is 0 Å². The molecule has 21 heavy (non-hydrogen) atoms. The van der Waals surface area contributed by atoms with Crippen molar-refractivity contribution in [3.63, 3.8) is 0 Å². The Bertz CT molecular complexity index is 470. The molecule has 1 fully saturated rings. The van der Waals surface area contributed by atoms with E-state index in [0.717, 1.165) is 31.7 Å². The molecule has 1 N–H and O–H groups in total. The van der Waals surface area contributed by atoms with Crippen molar-refractivity contribution in [1.29, 1.82) is 0 Å². The first-order valence-electron chi connectivity index (χ1n) is 7.34. The molecule has 1 aliphatic rings. The number of hydrogen-bond donors (Lipinski definition) is 1. The molecule has 0 aromatic carbocycles. The highest BCUT2D eigenvalue weighted by molar-refractivity contribution is 5.46. The van der Waals surface area contributed by atoms with Crippen molar-refractivity contribution >= 4 is 11.8 Å². The van der Waals surface area contributed by atoms with E-state index in [1.54, 1.807) is 6.92 Å². The second-order valence-electron chi connectivity index (χ2n) is 5.37. The van der Waals surface area contributed by atoms with Crippen molar-refractivity contribution in [2.75, 3.05) is 23.8 Å². The van der Waals surface area contributed by atoms with E-state index >= 15 is 0 Å². The van der Waals surface area contributed by atoms with Gasteiger partial charge in [-0.3, -0.25) is 0 Å². The predicted molar refractivity (Wildman–Crippen MR) is 76.5 cm³/mol. The van der Waals surface area contributed by atoms with Gasteiger partial charge in [-0.05, 0) is 19.8 Å². The molecule has 1 saturated carbocycles. The number of nitrogens with one attached hydrogen (secondary N) is 1. The summed E-state index contributed by atoms with van der Waals surface area (Å²) in [4.78, 5) is 9.62. The Morgan fingerprint density at radius 2 is 1.90 bits per heavy atom. The van der Waals surface area contributed by atoms with Gasteiger partial charge in [0.2, 0.25) is 5.95 Å². The van der Waals surface area contributed by atoms with Crippen LogP contribution in [-0.4, -0.2) is 29.6 Å². The van der Waals surface area contributed by atoms with Gasteiger partial charge in [0.15, 0.2) is 5.69 Å². The molecular weight excluding hydrogens is 281 g/mol. The number of anilines is 2. The fraction of sp³-hybridized carbons (Fsp3) is 0.714. The average molecular weight is 302 g/mol. The van der Waals surface area contributed by atoms with Gasteiger partial charge in [-0.15, -0.1) is 0 Å². The van der Waals surface area contributed by atoms with Crippen LogP contribution in [0.15, 0.2) is 6.07 Å². The van der Waals surface area contributed by atoms with Gasteiger partial charge in [-0.25, -0.2) is 4.98 Å². The Kier molecular flexibility index (Phi) is 4.90. The summed E-state index contributed by atoms with van der Waals surface area (Å²) in [7, 11) is 1.81. The monoisotopic (exact) mass is 302 g/mol. The van der Waals surface area contributed by atoms with Crippen LogP contribution < -0.4 is 10.2 Å². The molecule has 1 aromatic rings. The summed E-state index contributed by atoms with van der Waals surface area (Å²) in [5, 5.41) is 2.77. The van der Waals surface area contributed by atoms with Crippen LogP contribution in [-0.2, 0) is 6.18 Å². The van der Waals surface area contributed by atoms with Gasteiger partial charge in [0.1, 0.15) is 5.82 Å². The zero-order valence-corrected chi connectivity index (χ0v) is 12.4. The highest BCUT2D eigenvalue weighted by Crippen LogP contribution is 2.32. The molecule has 2 rings (SSSR count). The van der Waals surface area contributed by atoms with Crippen molar-refractivity contribution < 1.29 is 13.2 Å². The van der Waals surface area contributed by atoms with E-state index < -0.39 is 11.9 Å². The lowest BCUT2D eigenvalue weighted by atomic mass is 9.94. The molecule has 118 valence electrons. The molecule has 0 spiro atoms. The summed E-state index contributed by atoms with van der Waals surface area (Å²) in [5.74, 6) is 0.366. The predicted octanol–water partition coefficient (Wildman–Crippen LogP) is 3.70. The minimum Gasteiger partial charge on any atom is -0.357 e. The van der Waals surface area contributed by atoms with E-state index in [4.69, 9.17) is 0 Å². The molecule has 0 radical (unpaired) electrons. The van der Waals surface area contributed by atoms with Gasteiger partial charge >= 0.3 is 6.18 Å². The smallest absolute Gasteiger partial charge is 0.357 e. The van der Waals surface area contributed by atoms with Crippen molar-refractivity contribution in [1.82, 2.24) is 9.97 Å². The van der Waals surface area contributed by atoms with E-state index in [2.05, 4.69) is 15.3 Å². The number of halogens is 3. The lowest BCUT2D eigenvalue weighted by molar-refractivity contribution is -0.141. The van der Waals surface area contributed by atoms with Crippen molar-refractivity contribution in [2.24, 2.45) is 0 Å². The van der Waals surface area contributed by atoms with Crippen LogP contribution in [0.3, 0.4) is 0 Å². The van der Waals surface area contributed by atoms with Gasteiger partial charge in [-0.1, -0.05) is 19.3 Å². The van der Waals surface area contributed by atoms with E-state index in [9.17, 15) is 13.2 Å². The van der Waals surface area contributed by atoms with Crippen molar-refractivity contribution in [3.05, 3.63) is 11.8 Å². The molecule has 0 aliphatic heterocycles. The summed E-state index contributed by atoms with van der Waals surface area (Å²) < 4.78 is 38.9. The fourth-order valence-corrected chi connectivity index (χ4v) is 2.65. The fourth-order valence-electron chi connectivity index (χ4n) is 2.65. The van der Waals surface area contributed by atoms with Crippen LogP contribution in [0.2, 0.25) is 0 Å². The van der Waals surface area contributed by atoms with Crippen LogP contribution in [0, 0.1) is 0 Å². The first-order chi connectivity index (χ1) is 9.91. The molecule has 0 saturated heterocycles. The van der Waals surface area contributed by atoms with Crippen LogP contribution in [0.5, 0.6) is 0 Å². The molecule has 1 aromatic heterocycles. The van der Waals surface area contributed by atoms with E-state index in [-0.39, 0.29) is 12.0 Å². The third-order valence-corrected chi connectivity index (χ3v) is 3.82. The highest BCUT2D eigenvalue weighted by atomic mass is 19.4. The summed E-state index contributed by atoms with van der Waals surface area (Å²) >= 11 is 0. The van der Waals surface area contributed by atoms with Gasteiger partial charge in [-0.2, -0.15) is 18.2 Å². The molecule has 7 heteroatoms. The third-order valence-electron chi connectivity index (χ3n) is 3.82. The van der Waals surface area contributed by atoms with Crippen LogP contribution in [0.1, 0.15) is 44.7 Å². The third kappa shape index (κ3) is 3.98. The maximum atomic E-state index is 13.0.